The van der Waals surface area contributed by atoms with Gasteiger partial charge in [0.1, 0.15) is 4.88 Å². The number of fused-ring (bicyclic) bond motifs is 1. The Morgan fingerprint density at radius 2 is 2.54 bits per heavy atom. The highest BCUT2D eigenvalue weighted by atomic mass is 32.1. The maximum absolute atomic E-state index is 11.1. The van der Waals surface area contributed by atoms with Crippen LogP contribution in [0.2, 0.25) is 0 Å². The number of hydrogen-bond donors (Lipinski definition) is 1. The molecule has 0 aliphatic heterocycles. The van der Waals surface area contributed by atoms with Crippen molar-refractivity contribution in [3.8, 4) is 0 Å². The van der Waals surface area contributed by atoms with Crippen molar-refractivity contribution in [1.29, 1.82) is 0 Å². The molecule has 0 bridgehead atoms. The number of carbonyl (C=O) groups is 1. The van der Waals surface area contributed by atoms with Crippen LogP contribution in [0.1, 0.15) is 32.6 Å². The van der Waals surface area contributed by atoms with Gasteiger partial charge in [0, 0.05) is 4.88 Å². The number of hydrogen-bond acceptors (Lipinski definition) is 4. The van der Waals surface area contributed by atoms with E-state index in [0.717, 1.165) is 23.3 Å². The Labute approximate surface area is 80.0 Å². The number of aliphatic hydroxyl groups excluding tert-OH is 1. The van der Waals surface area contributed by atoms with Gasteiger partial charge in [-0.2, -0.15) is 0 Å². The van der Waals surface area contributed by atoms with Crippen molar-refractivity contribution in [2.45, 2.75) is 18.9 Å². The first-order valence-corrected chi connectivity index (χ1v) is 4.93. The zero-order valence-electron chi connectivity index (χ0n) is 7.24. The average Bonchev–Trinajstić information content (AvgIpc) is 2.67. The molecule has 1 aliphatic rings. The van der Waals surface area contributed by atoms with E-state index in [9.17, 15) is 9.90 Å². The minimum atomic E-state index is -0.385. The molecule has 13 heavy (non-hydrogen) atoms. The second kappa shape index (κ2) is 3.12. The molecule has 1 unspecified atom stereocenters. The number of ether oxygens (including phenoxy) is 1. The number of aliphatic hydroxyl groups is 1. The van der Waals surface area contributed by atoms with Gasteiger partial charge in [-0.05, 0) is 24.5 Å². The highest BCUT2D eigenvalue weighted by molar-refractivity contribution is 7.14. The molecule has 0 spiro atoms. The summed E-state index contributed by atoms with van der Waals surface area (Å²) in [6.07, 6.45) is 1.27. The van der Waals surface area contributed by atoms with Crippen LogP contribution >= 0.6 is 11.3 Å². The Kier molecular flexibility index (Phi) is 2.09. The van der Waals surface area contributed by atoms with E-state index in [4.69, 9.17) is 0 Å². The van der Waals surface area contributed by atoms with Gasteiger partial charge in [-0.3, -0.25) is 0 Å². The monoisotopic (exact) mass is 198 g/mol. The molecule has 3 nitrogen and oxygen atoms in total. The first-order chi connectivity index (χ1) is 6.22. The first-order valence-electron chi connectivity index (χ1n) is 4.11. The van der Waals surface area contributed by atoms with E-state index < -0.39 is 0 Å². The number of esters is 1. The summed E-state index contributed by atoms with van der Waals surface area (Å²) >= 11 is 1.42. The van der Waals surface area contributed by atoms with E-state index in [1.807, 2.05) is 0 Å². The fourth-order valence-corrected chi connectivity index (χ4v) is 2.70. The van der Waals surface area contributed by atoms with Crippen molar-refractivity contribution in [3.05, 3.63) is 21.4 Å². The van der Waals surface area contributed by atoms with Gasteiger partial charge >= 0.3 is 5.97 Å². The lowest BCUT2D eigenvalue weighted by Gasteiger charge is -1.98. The minimum absolute atomic E-state index is 0.313. The molecule has 70 valence electrons. The number of aryl methyl sites for hydroxylation is 1. The van der Waals surface area contributed by atoms with E-state index in [0.29, 0.717) is 4.88 Å². The summed E-state index contributed by atoms with van der Waals surface area (Å²) in [6.45, 7) is 0. The Hall–Kier alpha value is -0.870. The van der Waals surface area contributed by atoms with Crippen LogP contribution in [0.25, 0.3) is 0 Å². The molecule has 0 saturated heterocycles. The van der Waals surface area contributed by atoms with Crippen LogP contribution in [0.15, 0.2) is 6.07 Å². The Morgan fingerprint density at radius 3 is 3.15 bits per heavy atom. The van der Waals surface area contributed by atoms with Gasteiger partial charge < -0.3 is 9.84 Å². The van der Waals surface area contributed by atoms with Crippen LogP contribution in [0.4, 0.5) is 0 Å². The lowest BCUT2D eigenvalue weighted by molar-refractivity contribution is 0.0606. The predicted molar refractivity (Wildman–Crippen MR) is 48.9 cm³/mol. The van der Waals surface area contributed by atoms with Crippen molar-refractivity contribution >= 4 is 17.3 Å². The second-order valence-electron chi connectivity index (χ2n) is 3.04. The molecule has 4 heteroatoms. The van der Waals surface area contributed by atoms with Crippen LogP contribution in [-0.4, -0.2) is 18.2 Å². The number of thiophene rings is 1. The molecule has 2 rings (SSSR count). The van der Waals surface area contributed by atoms with Gasteiger partial charge in [-0.15, -0.1) is 11.3 Å². The maximum Gasteiger partial charge on any atom is 0.348 e. The van der Waals surface area contributed by atoms with Gasteiger partial charge in [0.05, 0.1) is 13.2 Å². The lowest BCUT2D eigenvalue weighted by Crippen LogP contribution is -1.98. The normalized spacial score (nSPS) is 20.0. The Bertz CT molecular complexity index is 343. The van der Waals surface area contributed by atoms with Crippen LogP contribution < -0.4 is 0 Å². The molecule has 1 atom stereocenters. The van der Waals surface area contributed by atoms with E-state index in [2.05, 4.69) is 4.74 Å². The summed E-state index contributed by atoms with van der Waals surface area (Å²) in [7, 11) is 1.36. The molecule has 0 amide bonds. The first kappa shape index (κ1) is 8.72. The summed E-state index contributed by atoms with van der Waals surface area (Å²) in [5, 5.41) is 9.50. The van der Waals surface area contributed by atoms with Crippen molar-refractivity contribution < 1.29 is 14.6 Å². The number of carbonyl (C=O) groups excluding carboxylic acids is 1. The largest absolute Gasteiger partial charge is 0.465 e. The maximum atomic E-state index is 11.1. The van der Waals surface area contributed by atoms with Crippen LogP contribution in [0.3, 0.4) is 0 Å². The summed E-state index contributed by atoms with van der Waals surface area (Å²) in [6, 6.07) is 1.74. The molecule has 0 aromatic carbocycles. The molecule has 0 saturated carbocycles. The van der Waals surface area contributed by atoms with E-state index >= 15 is 0 Å². The fraction of sp³-hybridized carbons (Fsp3) is 0.444. The molecule has 1 aromatic heterocycles. The molecule has 0 radical (unpaired) electrons. The zero-order valence-corrected chi connectivity index (χ0v) is 8.06. The molecule has 0 fully saturated rings. The zero-order chi connectivity index (χ0) is 9.42. The van der Waals surface area contributed by atoms with E-state index in [-0.39, 0.29) is 12.1 Å². The predicted octanol–water partition coefficient (Wildman–Crippen LogP) is 1.51. The van der Waals surface area contributed by atoms with Crippen molar-refractivity contribution in [3.63, 3.8) is 0 Å². The molecule has 1 aromatic rings. The number of methoxy groups -OCH3 is 1. The van der Waals surface area contributed by atoms with Gasteiger partial charge in [0.25, 0.3) is 0 Å². The number of rotatable bonds is 1. The molecular weight excluding hydrogens is 188 g/mol. The smallest absolute Gasteiger partial charge is 0.348 e. The SMILES string of the molecule is COC(=O)c1cc2c(s1)CCC2O. The van der Waals surface area contributed by atoms with E-state index in [1.165, 1.54) is 18.4 Å². The van der Waals surface area contributed by atoms with Gasteiger partial charge in [-0.25, -0.2) is 4.79 Å². The fourth-order valence-electron chi connectivity index (χ4n) is 1.54. The van der Waals surface area contributed by atoms with E-state index in [1.54, 1.807) is 6.07 Å². The third-order valence-corrected chi connectivity index (χ3v) is 3.42. The van der Waals surface area contributed by atoms with Gasteiger partial charge in [0.2, 0.25) is 0 Å². The standard InChI is InChI=1S/C9H10O3S/c1-12-9(11)8-4-5-6(10)2-3-7(5)13-8/h4,6,10H,2-3H2,1H3. The summed E-state index contributed by atoms with van der Waals surface area (Å²) in [5.41, 5.74) is 0.908. The van der Waals surface area contributed by atoms with Crippen LogP contribution in [-0.2, 0) is 11.2 Å². The van der Waals surface area contributed by atoms with Gasteiger partial charge in [-0.1, -0.05) is 0 Å². The third-order valence-electron chi connectivity index (χ3n) is 2.23. The minimum Gasteiger partial charge on any atom is -0.465 e. The van der Waals surface area contributed by atoms with Crippen LogP contribution in [0.5, 0.6) is 0 Å². The highest BCUT2D eigenvalue weighted by Gasteiger charge is 2.25. The Balaban J connectivity index is 2.34. The lowest BCUT2D eigenvalue weighted by atomic mass is 10.2. The van der Waals surface area contributed by atoms with Crippen molar-refractivity contribution in [2.24, 2.45) is 0 Å². The molecular formula is C9H10O3S. The van der Waals surface area contributed by atoms with Gasteiger partial charge in [0.15, 0.2) is 0 Å². The van der Waals surface area contributed by atoms with Crippen molar-refractivity contribution in [1.82, 2.24) is 0 Å². The average molecular weight is 198 g/mol. The molecule has 1 aliphatic carbocycles. The summed E-state index contributed by atoms with van der Waals surface area (Å²) in [5.74, 6) is -0.313. The molecule has 1 heterocycles. The summed E-state index contributed by atoms with van der Waals surface area (Å²) in [4.78, 5) is 12.8. The molecule has 1 N–H and O–H groups in total. The second-order valence-corrected chi connectivity index (χ2v) is 4.17. The van der Waals surface area contributed by atoms with Crippen molar-refractivity contribution in [2.75, 3.05) is 7.11 Å². The highest BCUT2D eigenvalue weighted by Crippen LogP contribution is 2.37. The third kappa shape index (κ3) is 1.36. The van der Waals surface area contributed by atoms with Crippen LogP contribution in [0, 0.1) is 0 Å². The topological polar surface area (TPSA) is 46.5 Å². The summed E-state index contributed by atoms with van der Waals surface area (Å²) < 4.78 is 4.60. The Morgan fingerprint density at radius 1 is 1.77 bits per heavy atom. The quantitative estimate of drug-likeness (QED) is 0.696.